The Morgan fingerprint density at radius 3 is 2.32 bits per heavy atom. The van der Waals surface area contributed by atoms with Gasteiger partial charge in [0.15, 0.2) is 0 Å². The van der Waals surface area contributed by atoms with Gasteiger partial charge in [-0.1, -0.05) is 39.0 Å². The zero-order chi connectivity index (χ0) is 32.4. The zero-order valence-electron chi connectivity index (χ0n) is 27.4. The highest BCUT2D eigenvalue weighted by Crippen LogP contribution is 2.38. The standard InChI is InChI=1S/C34H51N3O6S/c1-23(2)11-16-27-22-28(30(44-27)32(40)41)37(31(39)25-14-12-24(3)13-15-25)26-17-20-36(21-18-26)29(38)10-8-7-9-19-35-33(42)43-34(4,5)6/h22-26H,7-10,12-15,17-21H2,1-6H3,(H,35,42)(H,40,41). The number of hydrogen-bond acceptors (Lipinski definition) is 6. The first-order valence-corrected chi connectivity index (χ1v) is 17.0. The molecule has 1 aliphatic heterocycles. The van der Waals surface area contributed by atoms with Crippen molar-refractivity contribution in [2.75, 3.05) is 24.5 Å². The Bertz CT molecular complexity index is 1210. The van der Waals surface area contributed by atoms with E-state index in [1.54, 1.807) is 11.0 Å². The first-order chi connectivity index (χ1) is 20.7. The highest BCUT2D eigenvalue weighted by molar-refractivity contribution is 7.15. The van der Waals surface area contributed by atoms with Crippen LogP contribution in [0.25, 0.3) is 0 Å². The number of piperidine rings is 1. The van der Waals surface area contributed by atoms with Gasteiger partial charge in [0.1, 0.15) is 10.5 Å². The van der Waals surface area contributed by atoms with Gasteiger partial charge in [-0.05, 0) is 84.1 Å². The molecular weight excluding hydrogens is 578 g/mol. The number of ether oxygens (including phenoxy) is 1. The molecule has 1 aromatic rings. The minimum Gasteiger partial charge on any atom is -0.477 e. The van der Waals surface area contributed by atoms with Gasteiger partial charge in [-0.2, -0.15) is 0 Å². The Balaban J connectivity index is 1.62. The summed E-state index contributed by atoms with van der Waals surface area (Å²) < 4.78 is 5.24. The van der Waals surface area contributed by atoms with Crippen molar-refractivity contribution in [1.29, 1.82) is 0 Å². The van der Waals surface area contributed by atoms with Crippen molar-refractivity contribution in [3.63, 3.8) is 0 Å². The Kier molecular flexibility index (Phi) is 13.1. The van der Waals surface area contributed by atoms with Gasteiger partial charge in [0.25, 0.3) is 0 Å². The summed E-state index contributed by atoms with van der Waals surface area (Å²) in [6.45, 7) is 13.2. The average molecular weight is 630 g/mol. The van der Waals surface area contributed by atoms with Crippen LogP contribution in [-0.4, -0.2) is 65.2 Å². The van der Waals surface area contributed by atoms with Gasteiger partial charge in [-0.25, -0.2) is 9.59 Å². The predicted molar refractivity (Wildman–Crippen MR) is 174 cm³/mol. The van der Waals surface area contributed by atoms with Gasteiger partial charge in [0.05, 0.1) is 10.6 Å². The number of alkyl carbamates (subject to hydrolysis) is 1. The van der Waals surface area contributed by atoms with Gasteiger partial charge in [0.2, 0.25) is 11.8 Å². The number of thiophene rings is 1. The van der Waals surface area contributed by atoms with Gasteiger partial charge in [-0.3, -0.25) is 9.59 Å². The number of carboxylic acid groups (broad SMARTS) is 1. The number of rotatable bonds is 10. The summed E-state index contributed by atoms with van der Waals surface area (Å²) >= 11 is 1.13. The molecule has 1 aromatic heterocycles. The van der Waals surface area contributed by atoms with Gasteiger partial charge < -0.3 is 25.0 Å². The van der Waals surface area contributed by atoms with E-state index in [0.717, 1.165) is 56.3 Å². The summed E-state index contributed by atoms with van der Waals surface area (Å²) in [7, 11) is 0. The van der Waals surface area contributed by atoms with Crippen LogP contribution in [0, 0.1) is 29.6 Å². The lowest BCUT2D eigenvalue weighted by Gasteiger charge is -2.40. The second-order valence-electron chi connectivity index (χ2n) is 13.6. The molecule has 10 heteroatoms. The third-order valence-electron chi connectivity index (χ3n) is 8.17. The van der Waals surface area contributed by atoms with E-state index < -0.39 is 17.7 Å². The third kappa shape index (κ3) is 10.8. The number of likely N-dealkylation sites (tertiary alicyclic amines) is 1. The Hall–Kier alpha value is -3.06. The number of carbonyl (C=O) groups excluding carboxylic acids is 3. The molecule has 9 nitrogen and oxygen atoms in total. The number of carbonyl (C=O) groups is 4. The van der Waals surface area contributed by atoms with Crippen LogP contribution in [0.4, 0.5) is 10.5 Å². The lowest BCUT2D eigenvalue weighted by atomic mass is 9.82. The van der Waals surface area contributed by atoms with Crippen LogP contribution < -0.4 is 10.2 Å². The zero-order valence-corrected chi connectivity index (χ0v) is 28.2. The van der Waals surface area contributed by atoms with Gasteiger partial charge >= 0.3 is 12.1 Å². The smallest absolute Gasteiger partial charge is 0.407 e. The first-order valence-electron chi connectivity index (χ1n) is 16.2. The van der Waals surface area contributed by atoms with Crippen molar-refractivity contribution < 1.29 is 29.0 Å². The normalized spacial score (nSPS) is 19.2. The molecule has 2 N–H and O–H groups in total. The molecule has 1 aliphatic carbocycles. The number of carboxylic acids is 1. The van der Waals surface area contributed by atoms with E-state index >= 15 is 0 Å². The fourth-order valence-electron chi connectivity index (χ4n) is 5.80. The molecule has 0 bridgehead atoms. The second kappa shape index (κ2) is 16.3. The lowest BCUT2D eigenvalue weighted by Crippen LogP contribution is -2.51. The maximum atomic E-state index is 14.1. The monoisotopic (exact) mass is 629 g/mol. The number of unbranched alkanes of at least 4 members (excludes halogenated alkanes) is 2. The van der Waals surface area contributed by atoms with Crippen LogP contribution >= 0.6 is 11.3 Å². The van der Waals surface area contributed by atoms with Gasteiger partial charge in [-0.15, -0.1) is 11.3 Å². The second-order valence-corrected chi connectivity index (χ2v) is 14.6. The number of nitrogens with zero attached hydrogens (tertiary/aromatic N) is 2. The Morgan fingerprint density at radius 2 is 1.73 bits per heavy atom. The molecule has 0 radical (unpaired) electrons. The van der Waals surface area contributed by atoms with Gasteiger partial charge in [0, 0.05) is 43.9 Å². The molecule has 2 aliphatic rings. The van der Waals surface area contributed by atoms with E-state index in [0.29, 0.717) is 55.4 Å². The highest BCUT2D eigenvalue weighted by Gasteiger charge is 2.37. The van der Waals surface area contributed by atoms with E-state index in [1.807, 2.05) is 39.5 Å². The molecular formula is C34H51N3O6S. The number of nitrogens with one attached hydrogen (secondary N) is 1. The van der Waals surface area contributed by atoms with E-state index in [4.69, 9.17) is 4.74 Å². The summed E-state index contributed by atoms with van der Waals surface area (Å²) in [5.41, 5.74) is -0.0835. The number of aromatic carboxylic acids is 1. The molecule has 1 saturated carbocycles. The van der Waals surface area contributed by atoms with E-state index in [9.17, 15) is 24.3 Å². The molecule has 2 heterocycles. The first kappa shape index (κ1) is 35.4. The van der Waals surface area contributed by atoms with E-state index in [-0.39, 0.29) is 34.6 Å². The Morgan fingerprint density at radius 1 is 1.07 bits per heavy atom. The summed E-state index contributed by atoms with van der Waals surface area (Å²) in [5, 5.41) is 12.8. The lowest BCUT2D eigenvalue weighted by molar-refractivity contribution is -0.132. The fraction of sp³-hybridized carbons (Fsp3) is 0.706. The summed E-state index contributed by atoms with van der Waals surface area (Å²) in [5.74, 6) is 5.87. The van der Waals surface area contributed by atoms with Crippen LogP contribution in [0.2, 0.25) is 0 Å². The number of anilines is 1. The van der Waals surface area contributed by atoms with Crippen LogP contribution in [0.1, 0.15) is 120 Å². The number of amides is 3. The minimum atomic E-state index is -1.05. The molecule has 0 aromatic carbocycles. The molecule has 2 fully saturated rings. The SMILES string of the molecule is CC(C)C#Cc1cc(N(C(=O)C2CCC(C)CC2)C2CCN(C(=O)CCCCCNC(=O)OC(C)(C)C)CC2)c(C(=O)O)s1. The third-order valence-corrected chi connectivity index (χ3v) is 9.20. The molecule has 3 amide bonds. The number of hydrogen-bond donors (Lipinski definition) is 2. The van der Waals surface area contributed by atoms with Crippen LogP contribution in [0.3, 0.4) is 0 Å². The summed E-state index contributed by atoms with van der Waals surface area (Å²) in [6.07, 6.45) is 7.14. The van der Waals surface area contributed by atoms with Crippen molar-refractivity contribution in [3.8, 4) is 11.8 Å². The molecule has 44 heavy (non-hydrogen) atoms. The quantitative estimate of drug-likeness (QED) is 0.220. The molecule has 0 unspecified atom stereocenters. The topological polar surface area (TPSA) is 116 Å². The Labute approximate surface area is 267 Å². The fourth-order valence-corrected chi connectivity index (χ4v) is 6.65. The molecule has 0 atom stereocenters. The molecule has 244 valence electrons. The molecule has 3 rings (SSSR count). The van der Waals surface area contributed by atoms with Crippen LogP contribution in [0.5, 0.6) is 0 Å². The maximum absolute atomic E-state index is 14.1. The maximum Gasteiger partial charge on any atom is 0.407 e. The largest absolute Gasteiger partial charge is 0.477 e. The van der Waals surface area contributed by atoms with Crippen LogP contribution in [0.15, 0.2) is 6.07 Å². The highest BCUT2D eigenvalue weighted by atomic mass is 32.1. The van der Waals surface area contributed by atoms with Crippen molar-refractivity contribution in [3.05, 3.63) is 15.8 Å². The van der Waals surface area contributed by atoms with Crippen molar-refractivity contribution in [2.45, 2.75) is 117 Å². The van der Waals surface area contributed by atoms with E-state index in [2.05, 4.69) is 24.1 Å². The van der Waals surface area contributed by atoms with Crippen molar-refractivity contribution >= 4 is 40.9 Å². The predicted octanol–water partition coefficient (Wildman–Crippen LogP) is 6.69. The summed E-state index contributed by atoms with van der Waals surface area (Å²) in [6, 6.07) is 1.60. The van der Waals surface area contributed by atoms with Crippen LogP contribution in [-0.2, 0) is 14.3 Å². The molecule has 1 saturated heterocycles. The summed E-state index contributed by atoms with van der Waals surface area (Å²) in [4.78, 5) is 55.6. The molecule has 0 spiro atoms. The van der Waals surface area contributed by atoms with Crippen molar-refractivity contribution in [2.24, 2.45) is 17.8 Å². The van der Waals surface area contributed by atoms with E-state index in [1.165, 1.54) is 0 Å². The minimum absolute atomic E-state index is 0.00494. The van der Waals surface area contributed by atoms with Crippen molar-refractivity contribution in [1.82, 2.24) is 10.2 Å². The average Bonchev–Trinajstić information content (AvgIpc) is 3.37.